The minimum absolute atomic E-state index is 0.0313. The van der Waals surface area contributed by atoms with Crippen molar-refractivity contribution in [1.29, 1.82) is 0 Å². The van der Waals surface area contributed by atoms with E-state index in [-0.39, 0.29) is 18.1 Å². The lowest BCUT2D eigenvalue weighted by atomic mass is 9.85. The molecule has 0 bridgehead atoms. The summed E-state index contributed by atoms with van der Waals surface area (Å²) in [6.07, 6.45) is -13.3. The van der Waals surface area contributed by atoms with E-state index in [4.69, 9.17) is 33.2 Å². The minimum Gasteiger partial charge on any atom is -0.456 e. The molecule has 1 amide bonds. The van der Waals surface area contributed by atoms with Crippen LogP contribution in [0.5, 0.6) is 0 Å². The molecule has 264 valence electrons. The van der Waals surface area contributed by atoms with Crippen molar-refractivity contribution >= 4 is 35.2 Å². The predicted molar refractivity (Wildman–Crippen MR) is 161 cm³/mol. The molecule has 0 aliphatic carbocycles. The van der Waals surface area contributed by atoms with Gasteiger partial charge in [-0.2, -0.15) is 0 Å². The third kappa shape index (κ3) is 8.19. The van der Waals surface area contributed by atoms with E-state index in [0.29, 0.717) is 0 Å². The summed E-state index contributed by atoms with van der Waals surface area (Å²) in [6, 6.07) is 11.9. The van der Waals surface area contributed by atoms with Crippen molar-refractivity contribution in [2.75, 3.05) is 13.2 Å². The third-order valence-electron chi connectivity index (χ3n) is 7.53. The van der Waals surface area contributed by atoms with Crippen LogP contribution < -0.4 is 5.32 Å². The van der Waals surface area contributed by atoms with E-state index in [1.54, 1.807) is 17.5 Å². The maximum atomic E-state index is 12.3. The zero-order chi connectivity index (χ0) is 35.2. The molecule has 2 aliphatic heterocycles. The van der Waals surface area contributed by atoms with Gasteiger partial charge in [0.05, 0.1) is 24.7 Å². The first-order valence-corrected chi connectivity index (χ1v) is 15.8. The highest BCUT2D eigenvalue weighted by Gasteiger charge is 2.67. The van der Waals surface area contributed by atoms with Gasteiger partial charge in [-0.05, 0) is 17.0 Å². The number of hydrogen-bond donors (Lipinski definition) is 5. The number of ether oxygens (including phenoxy) is 7. The Bertz CT molecular complexity index is 1410. The van der Waals surface area contributed by atoms with Gasteiger partial charge in [0.2, 0.25) is 11.6 Å². The fraction of sp³-hybridized carbons (Fsp3) is 0.548. The van der Waals surface area contributed by atoms with Crippen LogP contribution in [0.15, 0.2) is 47.8 Å². The maximum absolute atomic E-state index is 12.3. The highest BCUT2D eigenvalue weighted by molar-refractivity contribution is 7.10. The molecule has 48 heavy (non-hydrogen) atoms. The average Bonchev–Trinajstić information content (AvgIpc) is 3.56. The SMILES string of the molecule is CC(=O)N[C@@]1(O)[C@@H](O)[C@H](O[C@@H]2O[C@H](COCc3ccccc3)[C@H](OC(C)=O)[C@H](OC(C)=O)[C@H]2OC(C)=O)[C@@H](CO)O[C@]1(O)c1cccs1. The zero-order valence-electron chi connectivity index (χ0n) is 26.5. The molecule has 0 unspecified atom stereocenters. The van der Waals surface area contributed by atoms with Gasteiger partial charge in [0.1, 0.15) is 24.4 Å². The summed E-state index contributed by atoms with van der Waals surface area (Å²) in [5.41, 5.74) is -2.18. The minimum atomic E-state index is -2.97. The van der Waals surface area contributed by atoms with Crippen molar-refractivity contribution in [3.63, 3.8) is 0 Å². The van der Waals surface area contributed by atoms with Crippen molar-refractivity contribution in [3.8, 4) is 0 Å². The van der Waals surface area contributed by atoms with Crippen LogP contribution in [0.3, 0.4) is 0 Å². The fourth-order valence-corrected chi connectivity index (χ4v) is 6.41. The molecule has 0 saturated carbocycles. The Labute approximate surface area is 279 Å². The topological polar surface area (TPSA) is 226 Å². The first-order chi connectivity index (χ1) is 22.7. The molecule has 4 rings (SSSR count). The van der Waals surface area contributed by atoms with Gasteiger partial charge >= 0.3 is 17.9 Å². The lowest BCUT2D eigenvalue weighted by molar-refractivity contribution is -0.422. The second-order valence-electron chi connectivity index (χ2n) is 11.2. The van der Waals surface area contributed by atoms with Gasteiger partial charge in [-0.15, -0.1) is 11.3 Å². The Kier molecular flexibility index (Phi) is 12.3. The standard InChI is InChI=1S/C31H39NO15S/c1-16(34)32-30(39)28(38)25(21(13-33)47-31(30,40)23-11-8-12-48-23)46-29-27(44-19(4)37)26(43-18(3)36)24(42-17(2)35)22(45-29)15-41-14-20-9-6-5-7-10-20/h5-12,21-22,24-29,33,38-40H,13-15H2,1-4H3,(H,32,34)/t21-,22-,24+,25-,26+,27-,28+,29+,30-,31-/m1/s1. The number of amides is 1. The van der Waals surface area contributed by atoms with Gasteiger partial charge in [-0.25, -0.2) is 0 Å². The van der Waals surface area contributed by atoms with E-state index in [0.717, 1.165) is 44.6 Å². The van der Waals surface area contributed by atoms with Gasteiger partial charge < -0.3 is 58.9 Å². The highest BCUT2D eigenvalue weighted by atomic mass is 32.1. The van der Waals surface area contributed by atoms with E-state index in [1.807, 2.05) is 18.2 Å². The van der Waals surface area contributed by atoms with Crippen molar-refractivity contribution < 1.29 is 72.8 Å². The molecule has 1 aromatic carbocycles. The van der Waals surface area contributed by atoms with Crippen LogP contribution in [0, 0.1) is 0 Å². The number of carbonyl (C=O) groups is 4. The second-order valence-corrected chi connectivity index (χ2v) is 12.2. The number of benzene rings is 1. The van der Waals surface area contributed by atoms with Gasteiger partial charge in [0.15, 0.2) is 24.6 Å². The Balaban J connectivity index is 1.73. The van der Waals surface area contributed by atoms with Crippen molar-refractivity contribution in [2.45, 2.75) is 94.8 Å². The predicted octanol–water partition coefficient (Wildman–Crippen LogP) is -0.408. The molecule has 17 heteroatoms. The number of esters is 3. The van der Waals surface area contributed by atoms with Crippen LogP contribution in [0.1, 0.15) is 38.1 Å². The molecule has 10 atom stereocenters. The molecule has 0 spiro atoms. The molecule has 16 nitrogen and oxygen atoms in total. The largest absolute Gasteiger partial charge is 0.456 e. The van der Waals surface area contributed by atoms with Crippen LogP contribution in [0.4, 0.5) is 0 Å². The molecule has 5 N–H and O–H groups in total. The van der Waals surface area contributed by atoms with E-state index in [2.05, 4.69) is 5.32 Å². The third-order valence-corrected chi connectivity index (χ3v) is 8.49. The lowest BCUT2D eigenvalue weighted by Crippen LogP contribution is -2.78. The number of carbonyl (C=O) groups excluding carboxylic acids is 4. The Morgan fingerprint density at radius 2 is 1.48 bits per heavy atom. The fourth-order valence-electron chi connectivity index (χ4n) is 5.59. The molecule has 2 aliphatic rings. The number of thiophene rings is 1. The lowest BCUT2D eigenvalue weighted by Gasteiger charge is -2.54. The van der Waals surface area contributed by atoms with Crippen LogP contribution >= 0.6 is 11.3 Å². The normalized spacial score (nSPS) is 33.3. The van der Waals surface area contributed by atoms with Gasteiger partial charge in [-0.3, -0.25) is 19.2 Å². The number of nitrogens with one attached hydrogen (secondary N) is 1. The average molecular weight is 698 g/mol. The van der Waals surface area contributed by atoms with E-state index >= 15 is 0 Å². The van der Waals surface area contributed by atoms with Crippen LogP contribution in [0.25, 0.3) is 0 Å². The van der Waals surface area contributed by atoms with E-state index in [1.165, 1.54) is 12.1 Å². The molecule has 2 fully saturated rings. The number of rotatable bonds is 12. The Morgan fingerprint density at radius 3 is 2.04 bits per heavy atom. The van der Waals surface area contributed by atoms with E-state index in [9.17, 15) is 39.6 Å². The van der Waals surface area contributed by atoms with Crippen LogP contribution in [-0.2, 0) is 64.7 Å². The number of hydrogen-bond acceptors (Lipinski definition) is 16. The summed E-state index contributed by atoms with van der Waals surface area (Å²) < 4.78 is 40.2. The quantitative estimate of drug-likeness (QED) is 0.108. The molecule has 3 heterocycles. The van der Waals surface area contributed by atoms with Crippen LogP contribution in [-0.4, -0.2) is 112 Å². The summed E-state index contributed by atoms with van der Waals surface area (Å²) in [4.78, 5) is 49.0. The van der Waals surface area contributed by atoms with Crippen molar-refractivity contribution in [3.05, 3.63) is 58.3 Å². The summed E-state index contributed by atoms with van der Waals surface area (Å²) in [5.74, 6) is -6.20. The van der Waals surface area contributed by atoms with Crippen LogP contribution in [0.2, 0.25) is 0 Å². The first-order valence-electron chi connectivity index (χ1n) is 14.9. The smallest absolute Gasteiger partial charge is 0.303 e. The monoisotopic (exact) mass is 697 g/mol. The molecule has 0 radical (unpaired) electrons. The summed E-state index contributed by atoms with van der Waals surface area (Å²) in [6.45, 7) is 3.16. The molecule has 2 saturated heterocycles. The Morgan fingerprint density at radius 1 is 0.854 bits per heavy atom. The number of aliphatic hydroxyl groups excluding tert-OH is 2. The summed E-state index contributed by atoms with van der Waals surface area (Å²) in [5, 5.41) is 49.0. The summed E-state index contributed by atoms with van der Waals surface area (Å²) in [7, 11) is 0. The van der Waals surface area contributed by atoms with Gasteiger partial charge in [0, 0.05) is 27.7 Å². The summed E-state index contributed by atoms with van der Waals surface area (Å²) >= 11 is 0.928. The van der Waals surface area contributed by atoms with Crippen molar-refractivity contribution in [2.24, 2.45) is 0 Å². The zero-order valence-corrected chi connectivity index (χ0v) is 27.4. The number of aliphatic hydroxyl groups is 4. The molecular weight excluding hydrogens is 658 g/mol. The van der Waals surface area contributed by atoms with E-state index < -0.39 is 91.0 Å². The molecule has 1 aromatic heterocycles. The second kappa shape index (κ2) is 15.8. The Hall–Kier alpha value is -3.52. The molecular formula is C31H39NO15S. The first kappa shape index (κ1) is 37.3. The van der Waals surface area contributed by atoms with Gasteiger partial charge in [0.25, 0.3) is 5.79 Å². The van der Waals surface area contributed by atoms with Gasteiger partial charge in [-0.1, -0.05) is 36.4 Å². The van der Waals surface area contributed by atoms with Crippen molar-refractivity contribution in [1.82, 2.24) is 5.32 Å². The highest BCUT2D eigenvalue weighted by Crippen LogP contribution is 2.45. The molecule has 2 aromatic rings. The maximum Gasteiger partial charge on any atom is 0.303 e.